The predicted octanol–water partition coefficient (Wildman–Crippen LogP) is -0.0304. The molecule has 0 heterocycles. The Morgan fingerprint density at radius 2 is 1.67 bits per heavy atom. The molecule has 0 aliphatic carbocycles. The Morgan fingerprint density at radius 3 is 1.67 bits per heavy atom. The zero-order valence-corrected chi connectivity index (χ0v) is 4.55. The molecule has 0 saturated carbocycles. The van der Waals surface area contributed by atoms with E-state index < -0.39 is 5.97 Å². The number of aliphatic carboxylic acids is 1. The first-order valence-electron chi connectivity index (χ1n) is 1.05. The van der Waals surface area contributed by atoms with E-state index in [0.717, 1.165) is 6.92 Å². The molecule has 0 saturated heterocycles. The van der Waals surface area contributed by atoms with E-state index in [9.17, 15) is 0 Å². The third kappa shape index (κ3) is 345000. The van der Waals surface area contributed by atoms with Gasteiger partial charge in [0.1, 0.15) is 0 Å². The number of carboxylic acids is 1. The standard InChI is InChI=1S/C2H4O2.Ag.O/c1-2(3)4;;/h1H3,(H,3,4);;. The second kappa shape index (κ2) is 8.89. The summed E-state index contributed by atoms with van der Waals surface area (Å²) in [6, 6.07) is 0. The molecule has 0 rings (SSSR count). The fourth-order valence-electron chi connectivity index (χ4n) is 0. The number of carboxylic acid groups (broad SMARTS) is 1. The number of carbonyl (C=O) groups is 1. The first kappa shape index (κ1) is 9.38. The molecule has 0 atom stereocenters. The van der Waals surface area contributed by atoms with Crippen molar-refractivity contribution in [3.63, 3.8) is 0 Å². The first-order chi connectivity index (χ1) is 2.73. The summed E-state index contributed by atoms with van der Waals surface area (Å²) in [6.07, 6.45) is 0. The number of hydrogen-bond donors (Lipinski definition) is 1. The van der Waals surface area contributed by atoms with Crippen molar-refractivity contribution in [3.8, 4) is 0 Å². The third-order valence-corrected chi connectivity index (χ3v) is 0. The molecule has 3 nitrogen and oxygen atoms in total. The molecular weight excluding hydrogens is 180 g/mol. The van der Waals surface area contributed by atoms with E-state index >= 15 is 0 Å². The molecule has 0 aliphatic heterocycles. The molecule has 0 aromatic heterocycles. The zero-order valence-electron chi connectivity index (χ0n) is 3.07. The van der Waals surface area contributed by atoms with E-state index in [4.69, 9.17) is 13.2 Å². The van der Waals surface area contributed by atoms with Crippen molar-refractivity contribution in [1.82, 2.24) is 0 Å². The second-order valence-corrected chi connectivity index (χ2v) is 0.519. The van der Waals surface area contributed by atoms with Crippen molar-refractivity contribution in [3.05, 3.63) is 0 Å². The summed E-state index contributed by atoms with van der Waals surface area (Å²) in [4.78, 5) is 9.00. The van der Waals surface area contributed by atoms with Crippen LogP contribution in [0.15, 0.2) is 0 Å². The van der Waals surface area contributed by atoms with Crippen molar-refractivity contribution < 1.29 is 34.2 Å². The zero-order chi connectivity index (χ0) is 5.58. The Bertz CT molecular complexity index is 40.1. The monoisotopic (exact) mass is 183 g/mol. The molecule has 6 heavy (non-hydrogen) atoms. The van der Waals surface area contributed by atoms with Crippen LogP contribution in [-0.4, -0.2) is 11.1 Å². The van der Waals surface area contributed by atoms with Crippen LogP contribution in [-0.2, 0) is 29.1 Å². The predicted molar refractivity (Wildman–Crippen MR) is 14.0 cm³/mol. The molecule has 0 unspecified atom stereocenters. The van der Waals surface area contributed by atoms with Crippen LogP contribution in [0.2, 0.25) is 0 Å². The van der Waals surface area contributed by atoms with Crippen LogP contribution in [0.4, 0.5) is 0 Å². The van der Waals surface area contributed by atoms with Crippen molar-refractivity contribution in [1.29, 1.82) is 0 Å². The molecule has 0 aromatic rings. The van der Waals surface area contributed by atoms with Crippen LogP contribution in [0, 0.1) is 0 Å². The fraction of sp³-hybridized carbons (Fsp3) is 0.500. The molecule has 0 bridgehead atoms. The summed E-state index contributed by atoms with van der Waals surface area (Å²) in [6.45, 7) is 1.08. The fourth-order valence-corrected chi connectivity index (χ4v) is 0. The Kier molecular flexibility index (Phi) is 13.9. The molecule has 41 valence electrons. The summed E-state index contributed by atoms with van der Waals surface area (Å²) in [5.74, 6) is -0.833. The summed E-state index contributed by atoms with van der Waals surface area (Å²) in [5, 5.41) is 7.42. The summed E-state index contributed by atoms with van der Waals surface area (Å²) >= 11 is 1.70. The molecule has 0 amide bonds. The van der Waals surface area contributed by atoms with E-state index in [1.807, 2.05) is 0 Å². The van der Waals surface area contributed by atoms with Gasteiger partial charge in [-0.2, -0.15) is 0 Å². The van der Waals surface area contributed by atoms with Gasteiger partial charge in [0.15, 0.2) is 0 Å². The minimum atomic E-state index is -0.833. The van der Waals surface area contributed by atoms with Crippen molar-refractivity contribution in [2.45, 2.75) is 6.92 Å². The van der Waals surface area contributed by atoms with Gasteiger partial charge >= 0.3 is 24.3 Å². The molecule has 1 N–H and O–H groups in total. The van der Waals surface area contributed by atoms with E-state index in [1.54, 1.807) is 21.0 Å². The van der Waals surface area contributed by atoms with Crippen LogP contribution in [0.5, 0.6) is 0 Å². The van der Waals surface area contributed by atoms with Gasteiger partial charge in [0.05, 0.1) is 0 Å². The van der Waals surface area contributed by atoms with Crippen LogP contribution in [0.1, 0.15) is 6.92 Å². The van der Waals surface area contributed by atoms with E-state index in [2.05, 4.69) is 0 Å². The summed E-state index contributed by atoms with van der Waals surface area (Å²) < 4.78 is 8.06. The molecule has 0 fully saturated rings. The second-order valence-electron chi connectivity index (χ2n) is 0.519. The van der Waals surface area contributed by atoms with Crippen LogP contribution in [0.3, 0.4) is 0 Å². The van der Waals surface area contributed by atoms with Gasteiger partial charge in [-0.3, -0.25) is 4.79 Å². The van der Waals surface area contributed by atoms with Crippen molar-refractivity contribution >= 4 is 5.97 Å². The molecule has 4 heteroatoms. The van der Waals surface area contributed by atoms with Gasteiger partial charge in [-0.15, -0.1) is 0 Å². The van der Waals surface area contributed by atoms with Crippen molar-refractivity contribution in [2.24, 2.45) is 0 Å². The van der Waals surface area contributed by atoms with Gasteiger partial charge in [0, 0.05) is 6.92 Å². The normalized spacial score (nSPS) is 5.17. The average molecular weight is 184 g/mol. The minimum absolute atomic E-state index is 0.833. The number of hydrogen-bond acceptors (Lipinski definition) is 2. The van der Waals surface area contributed by atoms with E-state index in [1.165, 1.54) is 0 Å². The van der Waals surface area contributed by atoms with E-state index in [0.29, 0.717) is 0 Å². The van der Waals surface area contributed by atoms with Gasteiger partial charge < -0.3 is 5.11 Å². The summed E-state index contributed by atoms with van der Waals surface area (Å²) in [5.41, 5.74) is 0. The van der Waals surface area contributed by atoms with Crippen LogP contribution < -0.4 is 0 Å². The van der Waals surface area contributed by atoms with Gasteiger partial charge in [-0.25, -0.2) is 0 Å². The van der Waals surface area contributed by atoms with Crippen LogP contribution >= 0.6 is 0 Å². The quantitative estimate of drug-likeness (QED) is 0.537. The molecular formula is C2H4AgO3. The Morgan fingerprint density at radius 1 is 1.67 bits per heavy atom. The van der Waals surface area contributed by atoms with E-state index in [-0.39, 0.29) is 0 Å². The molecule has 0 spiro atoms. The number of rotatable bonds is 0. The van der Waals surface area contributed by atoms with Crippen molar-refractivity contribution in [2.75, 3.05) is 0 Å². The molecule has 0 aromatic carbocycles. The molecule has 0 radical (unpaired) electrons. The Hall–Kier alpha value is 0.0103. The van der Waals surface area contributed by atoms with Gasteiger partial charge in [0.25, 0.3) is 5.97 Å². The molecule has 0 aliphatic rings. The maximum atomic E-state index is 9.00. The maximum absolute atomic E-state index is 9.00. The van der Waals surface area contributed by atoms with Gasteiger partial charge in [-0.05, 0) is 0 Å². The Balaban J connectivity index is 0. The van der Waals surface area contributed by atoms with Gasteiger partial charge in [0.2, 0.25) is 0 Å². The SMILES string of the molecule is CC(=O)O.[O]=[Ag]. The van der Waals surface area contributed by atoms with Crippen LogP contribution in [0.25, 0.3) is 0 Å². The third-order valence-electron chi connectivity index (χ3n) is 0. The van der Waals surface area contributed by atoms with Gasteiger partial charge in [-0.1, -0.05) is 0 Å². The topological polar surface area (TPSA) is 54.4 Å². The summed E-state index contributed by atoms with van der Waals surface area (Å²) in [7, 11) is 0. The Labute approximate surface area is 47.6 Å². The first-order valence-corrected chi connectivity index (χ1v) is 1.66. The average Bonchev–Trinajstić information content (AvgIpc) is 1.41.